The van der Waals surface area contributed by atoms with Crippen molar-refractivity contribution in [3.8, 4) is 0 Å². The molecule has 1 N–H and O–H groups in total. The van der Waals surface area contributed by atoms with Gasteiger partial charge in [-0.05, 0) is 24.6 Å². The Hall–Kier alpha value is -3.20. The molecule has 1 unspecified atom stereocenters. The predicted octanol–water partition coefficient (Wildman–Crippen LogP) is 4.74. The smallest absolute Gasteiger partial charge is 0.251 e. The van der Waals surface area contributed by atoms with Crippen LogP contribution in [-0.4, -0.2) is 11.7 Å². The number of amides is 1. The minimum Gasteiger partial charge on any atom is -0.345 e. The number of nitrogens with one attached hydrogen (secondary N) is 1. The Morgan fingerprint density at radius 2 is 1.35 bits per heavy atom. The first-order valence-electron chi connectivity index (χ1n) is 8.64. The molecule has 0 aliphatic carbocycles. The molecule has 0 heterocycles. The summed E-state index contributed by atoms with van der Waals surface area (Å²) in [6, 6.07) is 25.8. The van der Waals surface area contributed by atoms with Crippen molar-refractivity contribution in [2.24, 2.45) is 0 Å². The van der Waals surface area contributed by atoms with Gasteiger partial charge in [-0.1, -0.05) is 78.4 Å². The number of carbonyl (C=O) groups excluding carboxylic acids is 2. The fourth-order valence-corrected chi connectivity index (χ4v) is 2.81. The maximum Gasteiger partial charge on any atom is 0.251 e. The Balaban J connectivity index is 1.81. The number of aryl methyl sites for hydroxylation is 1. The van der Waals surface area contributed by atoms with Crippen molar-refractivity contribution in [1.29, 1.82) is 0 Å². The van der Waals surface area contributed by atoms with Crippen LogP contribution in [0.25, 0.3) is 0 Å². The number of hydrogen-bond acceptors (Lipinski definition) is 2. The third kappa shape index (κ3) is 4.45. The van der Waals surface area contributed by atoms with E-state index in [1.807, 2.05) is 67.6 Å². The molecular formula is C23H21NO2. The van der Waals surface area contributed by atoms with Crippen LogP contribution in [0.4, 0.5) is 0 Å². The molecule has 0 aliphatic rings. The summed E-state index contributed by atoms with van der Waals surface area (Å²) in [4.78, 5) is 25.3. The second kappa shape index (κ2) is 8.26. The van der Waals surface area contributed by atoms with Gasteiger partial charge in [0.05, 0.1) is 6.04 Å². The largest absolute Gasteiger partial charge is 0.345 e. The number of Topliss-reactive ketones (excluding diaryl/α,β-unsaturated/α-hetero) is 1. The van der Waals surface area contributed by atoms with Crippen LogP contribution in [0.3, 0.4) is 0 Å². The van der Waals surface area contributed by atoms with E-state index in [-0.39, 0.29) is 24.2 Å². The SMILES string of the molecule is Cc1ccc(C(=O)NC(CC(=O)c2ccccc2)c2ccccc2)cc1. The molecule has 0 aliphatic heterocycles. The average molecular weight is 343 g/mol. The van der Waals surface area contributed by atoms with Crippen molar-refractivity contribution >= 4 is 11.7 Å². The number of rotatable bonds is 6. The van der Waals surface area contributed by atoms with E-state index in [9.17, 15) is 9.59 Å². The first-order valence-corrected chi connectivity index (χ1v) is 8.64. The van der Waals surface area contributed by atoms with E-state index in [4.69, 9.17) is 0 Å². The van der Waals surface area contributed by atoms with Crippen LogP contribution in [0.5, 0.6) is 0 Å². The van der Waals surface area contributed by atoms with Gasteiger partial charge in [-0.25, -0.2) is 0 Å². The van der Waals surface area contributed by atoms with E-state index in [0.717, 1.165) is 11.1 Å². The molecule has 0 bridgehead atoms. The molecule has 1 amide bonds. The van der Waals surface area contributed by atoms with Crippen LogP contribution in [-0.2, 0) is 0 Å². The summed E-state index contributed by atoms with van der Waals surface area (Å²) in [7, 11) is 0. The zero-order chi connectivity index (χ0) is 18.4. The Bertz CT molecular complexity index is 871. The van der Waals surface area contributed by atoms with Gasteiger partial charge in [-0.2, -0.15) is 0 Å². The molecule has 3 rings (SSSR count). The molecule has 3 nitrogen and oxygen atoms in total. The third-order valence-corrected chi connectivity index (χ3v) is 4.31. The average Bonchev–Trinajstić information content (AvgIpc) is 2.69. The van der Waals surface area contributed by atoms with Crippen LogP contribution in [0.2, 0.25) is 0 Å². The van der Waals surface area contributed by atoms with Crippen LogP contribution in [0.15, 0.2) is 84.9 Å². The fourth-order valence-electron chi connectivity index (χ4n) is 2.81. The molecule has 130 valence electrons. The second-order valence-electron chi connectivity index (χ2n) is 6.30. The summed E-state index contributed by atoms with van der Waals surface area (Å²) < 4.78 is 0. The van der Waals surface area contributed by atoms with Gasteiger partial charge in [-0.15, -0.1) is 0 Å². The highest BCUT2D eigenvalue weighted by atomic mass is 16.2. The zero-order valence-corrected chi connectivity index (χ0v) is 14.7. The summed E-state index contributed by atoms with van der Waals surface area (Å²) in [5.74, 6) is -0.177. The van der Waals surface area contributed by atoms with Gasteiger partial charge < -0.3 is 5.32 Å². The lowest BCUT2D eigenvalue weighted by atomic mass is 9.97. The highest BCUT2D eigenvalue weighted by molar-refractivity contribution is 5.98. The Labute approximate surface area is 153 Å². The van der Waals surface area contributed by atoms with Crippen LogP contribution < -0.4 is 5.32 Å². The normalized spacial score (nSPS) is 11.6. The summed E-state index contributed by atoms with van der Waals surface area (Å²) in [6.07, 6.45) is 0.214. The van der Waals surface area contributed by atoms with Crippen LogP contribution in [0, 0.1) is 6.92 Å². The number of carbonyl (C=O) groups is 2. The molecule has 0 radical (unpaired) electrons. The second-order valence-corrected chi connectivity index (χ2v) is 6.30. The number of ketones is 1. The Kier molecular flexibility index (Phi) is 5.59. The van der Waals surface area contributed by atoms with Crippen molar-refractivity contribution in [3.05, 3.63) is 107 Å². The van der Waals surface area contributed by atoms with Crippen molar-refractivity contribution < 1.29 is 9.59 Å². The lowest BCUT2D eigenvalue weighted by Gasteiger charge is -2.19. The number of benzene rings is 3. The highest BCUT2D eigenvalue weighted by Gasteiger charge is 2.20. The summed E-state index contributed by atoms with van der Waals surface area (Å²) in [5, 5.41) is 3.01. The lowest BCUT2D eigenvalue weighted by molar-refractivity contribution is 0.0912. The Morgan fingerprint density at radius 1 is 0.769 bits per heavy atom. The minimum absolute atomic E-state index is 0.00339. The van der Waals surface area contributed by atoms with Gasteiger partial charge in [0.25, 0.3) is 5.91 Å². The first-order chi connectivity index (χ1) is 12.6. The molecule has 26 heavy (non-hydrogen) atoms. The lowest BCUT2D eigenvalue weighted by Crippen LogP contribution is -2.30. The quantitative estimate of drug-likeness (QED) is 0.657. The van der Waals surface area contributed by atoms with Crippen molar-refractivity contribution in [3.63, 3.8) is 0 Å². The van der Waals surface area contributed by atoms with E-state index < -0.39 is 0 Å². The van der Waals surface area contributed by atoms with Crippen LogP contribution in [0.1, 0.15) is 44.3 Å². The van der Waals surface area contributed by atoms with Crippen molar-refractivity contribution in [2.75, 3.05) is 0 Å². The minimum atomic E-state index is -0.377. The maximum atomic E-state index is 12.6. The topological polar surface area (TPSA) is 46.2 Å². The summed E-state index contributed by atoms with van der Waals surface area (Å²) in [5.41, 5.74) is 3.25. The highest BCUT2D eigenvalue weighted by Crippen LogP contribution is 2.20. The van der Waals surface area contributed by atoms with E-state index in [1.54, 1.807) is 24.3 Å². The molecule has 0 saturated carbocycles. The molecule has 0 saturated heterocycles. The van der Waals surface area contributed by atoms with Crippen molar-refractivity contribution in [2.45, 2.75) is 19.4 Å². The molecule has 3 aromatic carbocycles. The molecule has 1 atom stereocenters. The van der Waals surface area contributed by atoms with E-state index in [1.165, 1.54) is 0 Å². The van der Waals surface area contributed by atoms with E-state index >= 15 is 0 Å². The van der Waals surface area contributed by atoms with Gasteiger partial charge in [0.1, 0.15) is 0 Å². The van der Waals surface area contributed by atoms with Gasteiger partial charge >= 0.3 is 0 Å². The number of hydrogen-bond donors (Lipinski definition) is 1. The van der Waals surface area contributed by atoms with Gasteiger partial charge in [0.2, 0.25) is 0 Å². The van der Waals surface area contributed by atoms with Crippen molar-refractivity contribution in [1.82, 2.24) is 5.32 Å². The van der Waals surface area contributed by atoms with Gasteiger partial charge in [0, 0.05) is 17.5 Å². The molecule has 0 fully saturated rings. The van der Waals surface area contributed by atoms with E-state index in [0.29, 0.717) is 11.1 Å². The predicted molar refractivity (Wildman–Crippen MR) is 103 cm³/mol. The summed E-state index contributed by atoms with van der Waals surface area (Å²) >= 11 is 0. The summed E-state index contributed by atoms with van der Waals surface area (Å²) in [6.45, 7) is 1.98. The molecule has 3 heteroatoms. The monoisotopic (exact) mass is 343 g/mol. The van der Waals surface area contributed by atoms with Gasteiger partial charge in [-0.3, -0.25) is 9.59 Å². The molecule has 3 aromatic rings. The molecule has 0 spiro atoms. The fraction of sp³-hybridized carbons (Fsp3) is 0.130. The van der Waals surface area contributed by atoms with Gasteiger partial charge in [0.15, 0.2) is 5.78 Å². The van der Waals surface area contributed by atoms with Crippen LogP contribution >= 0.6 is 0 Å². The maximum absolute atomic E-state index is 12.6. The standard InChI is InChI=1S/C23H21NO2/c1-17-12-14-20(15-13-17)23(26)24-21(18-8-4-2-5-9-18)16-22(25)19-10-6-3-7-11-19/h2-15,21H,16H2,1H3,(H,24,26). The molecular weight excluding hydrogens is 322 g/mol. The molecule has 0 aromatic heterocycles. The Morgan fingerprint density at radius 3 is 1.96 bits per heavy atom. The van der Waals surface area contributed by atoms with E-state index in [2.05, 4.69) is 5.32 Å². The zero-order valence-electron chi connectivity index (χ0n) is 14.7. The first kappa shape index (κ1) is 17.6. The third-order valence-electron chi connectivity index (χ3n) is 4.31.